The molecule has 0 atom stereocenters. The van der Waals surface area contributed by atoms with E-state index in [4.69, 9.17) is 11.6 Å². The van der Waals surface area contributed by atoms with Gasteiger partial charge in [0, 0.05) is 4.90 Å². The molecule has 0 radical (unpaired) electrons. The predicted octanol–water partition coefficient (Wildman–Crippen LogP) is 3.18. The summed E-state index contributed by atoms with van der Waals surface area (Å²) in [5.74, 6) is 0. The topological polar surface area (TPSA) is 29.1 Å². The molecule has 0 aromatic heterocycles. The molecular formula is C8H8ClNOS. The van der Waals surface area contributed by atoms with Gasteiger partial charge in [0.2, 0.25) is 0 Å². The highest BCUT2D eigenvalue weighted by molar-refractivity contribution is 7.98. The van der Waals surface area contributed by atoms with Gasteiger partial charge >= 0.3 is 5.37 Å². The fourth-order valence-corrected chi connectivity index (χ4v) is 1.51. The summed E-state index contributed by atoms with van der Waals surface area (Å²) in [6.07, 6.45) is 1.94. The number of thioether (sulfide) groups is 1. The van der Waals surface area contributed by atoms with Crippen LogP contribution in [0.2, 0.25) is 0 Å². The van der Waals surface area contributed by atoms with E-state index in [0.29, 0.717) is 0 Å². The van der Waals surface area contributed by atoms with Gasteiger partial charge in [0.1, 0.15) is 0 Å². The Hall–Kier alpha value is -0.670. The second-order valence-corrected chi connectivity index (χ2v) is 3.29. The Morgan fingerprint density at radius 3 is 2.75 bits per heavy atom. The molecule has 0 bridgehead atoms. The average molecular weight is 202 g/mol. The van der Waals surface area contributed by atoms with Gasteiger partial charge in [0.15, 0.2) is 0 Å². The first-order valence-corrected chi connectivity index (χ1v) is 4.94. The third kappa shape index (κ3) is 2.43. The first-order chi connectivity index (χ1) is 5.74. The minimum absolute atomic E-state index is 0.559. The highest BCUT2D eigenvalue weighted by Crippen LogP contribution is 2.24. The Balaban J connectivity index is 2.89. The lowest BCUT2D eigenvalue weighted by Gasteiger charge is -2.04. The van der Waals surface area contributed by atoms with Crippen molar-refractivity contribution in [2.45, 2.75) is 4.90 Å². The van der Waals surface area contributed by atoms with Crippen molar-refractivity contribution in [3.05, 3.63) is 24.3 Å². The largest absolute Gasteiger partial charge is 0.318 e. The minimum Gasteiger partial charge on any atom is -0.311 e. The summed E-state index contributed by atoms with van der Waals surface area (Å²) in [6, 6.07) is 7.50. The molecule has 1 rings (SSSR count). The van der Waals surface area contributed by atoms with Crippen LogP contribution >= 0.6 is 23.4 Å². The van der Waals surface area contributed by atoms with E-state index in [1.807, 2.05) is 30.5 Å². The molecule has 1 N–H and O–H groups in total. The molecule has 0 heterocycles. The van der Waals surface area contributed by atoms with Crippen molar-refractivity contribution in [2.24, 2.45) is 0 Å². The zero-order chi connectivity index (χ0) is 8.97. The monoisotopic (exact) mass is 201 g/mol. The molecule has 12 heavy (non-hydrogen) atoms. The second kappa shape index (κ2) is 4.38. The molecule has 2 nitrogen and oxygen atoms in total. The number of nitrogens with one attached hydrogen (secondary N) is 1. The predicted molar refractivity (Wildman–Crippen MR) is 53.1 cm³/mol. The number of hydrogen-bond acceptors (Lipinski definition) is 2. The van der Waals surface area contributed by atoms with Crippen LogP contribution in [0.5, 0.6) is 0 Å². The van der Waals surface area contributed by atoms with Gasteiger partial charge < -0.3 is 5.32 Å². The highest BCUT2D eigenvalue weighted by atomic mass is 35.5. The zero-order valence-corrected chi connectivity index (χ0v) is 8.08. The lowest BCUT2D eigenvalue weighted by molar-refractivity contribution is 0.269. The Labute approximate surface area is 80.3 Å². The van der Waals surface area contributed by atoms with Crippen LogP contribution in [0.4, 0.5) is 10.5 Å². The molecule has 0 saturated carbocycles. The number of carbonyl (C=O) groups excluding carboxylic acids is 1. The van der Waals surface area contributed by atoms with Crippen LogP contribution < -0.4 is 5.32 Å². The van der Waals surface area contributed by atoms with Crippen LogP contribution in [-0.4, -0.2) is 11.6 Å². The molecule has 1 amide bonds. The van der Waals surface area contributed by atoms with Crippen molar-refractivity contribution in [3.63, 3.8) is 0 Å². The van der Waals surface area contributed by atoms with E-state index in [1.54, 1.807) is 11.8 Å². The van der Waals surface area contributed by atoms with Gasteiger partial charge in [0.05, 0.1) is 5.69 Å². The highest BCUT2D eigenvalue weighted by Gasteiger charge is 2.01. The number of hydrogen-bond donors (Lipinski definition) is 1. The fourth-order valence-electron chi connectivity index (χ4n) is 0.854. The number of rotatable bonds is 2. The number of halogens is 1. The van der Waals surface area contributed by atoms with Gasteiger partial charge in [-0.25, -0.2) is 0 Å². The zero-order valence-electron chi connectivity index (χ0n) is 6.50. The smallest absolute Gasteiger partial charge is 0.311 e. The quantitative estimate of drug-likeness (QED) is 0.453. The van der Waals surface area contributed by atoms with E-state index in [2.05, 4.69) is 5.32 Å². The second-order valence-electron chi connectivity index (χ2n) is 2.10. The summed E-state index contributed by atoms with van der Waals surface area (Å²) in [5, 5.41) is 1.97. The lowest BCUT2D eigenvalue weighted by Crippen LogP contribution is -2.01. The normalized spacial score (nSPS) is 9.50. The van der Waals surface area contributed by atoms with Crippen LogP contribution in [0.25, 0.3) is 0 Å². The molecule has 1 aromatic rings. The SMILES string of the molecule is CSc1ccccc1NC(=O)Cl. The van der Waals surface area contributed by atoms with E-state index in [9.17, 15) is 4.79 Å². The maximum Gasteiger partial charge on any atom is 0.318 e. The average Bonchev–Trinajstić information content (AvgIpc) is 2.04. The van der Waals surface area contributed by atoms with Crippen LogP contribution in [0.3, 0.4) is 0 Å². The minimum atomic E-state index is -0.559. The first kappa shape index (κ1) is 9.42. The van der Waals surface area contributed by atoms with E-state index in [1.165, 1.54) is 0 Å². The number of anilines is 1. The van der Waals surface area contributed by atoms with Crippen LogP contribution in [-0.2, 0) is 0 Å². The first-order valence-electron chi connectivity index (χ1n) is 3.33. The molecule has 0 spiro atoms. The third-order valence-corrected chi connectivity index (χ3v) is 2.23. The lowest BCUT2D eigenvalue weighted by atomic mass is 10.3. The van der Waals surface area contributed by atoms with Crippen molar-refractivity contribution in [1.29, 1.82) is 0 Å². The molecule has 1 aromatic carbocycles. The third-order valence-electron chi connectivity index (χ3n) is 1.34. The summed E-state index contributed by atoms with van der Waals surface area (Å²) in [6.45, 7) is 0. The number of amides is 1. The van der Waals surface area contributed by atoms with Crippen LogP contribution in [0, 0.1) is 0 Å². The summed E-state index contributed by atoms with van der Waals surface area (Å²) in [7, 11) is 0. The summed E-state index contributed by atoms with van der Waals surface area (Å²) in [4.78, 5) is 11.5. The van der Waals surface area contributed by atoms with Gasteiger partial charge in [0.25, 0.3) is 0 Å². The Kier molecular flexibility index (Phi) is 3.44. The van der Waals surface area contributed by atoms with E-state index < -0.39 is 5.37 Å². The van der Waals surface area contributed by atoms with Crippen molar-refractivity contribution < 1.29 is 4.79 Å². The van der Waals surface area contributed by atoms with Gasteiger partial charge in [-0.1, -0.05) is 12.1 Å². The molecular weight excluding hydrogens is 194 g/mol. The molecule has 0 saturated heterocycles. The Morgan fingerprint density at radius 2 is 2.17 bits per heavy atom. The van der Waals surface area contributed by atoms with Crippen molar-refractivity contribution >= 4 is 34.4 Å². The van der Waals surface area contributed by atoms with Gasteiger partial charge in [-0.15, -0.1) is 11.8 Å². The maximum absolute atomic E-state index is 10.5. The number of para-hydroxylation sites is 1. The van der Waals surface area contributed by atoms with Crippen LogP contribution in [0.15, 0.2) is 29.2 Å². The standard InChI is InChI=1S/C8H8ClNOS/c1-12-7-5-3-2-4-6(7)10-8(9)11/h2-5H,1H3,(H,10,11). The number of carbonyl (C=O) groups is 1. The molecule has 64 valence electrons. The molecule has 0 fully saturated rings. The Morgan fingerprint density at radius 1 is 1.50 bits per heavy atom. The van der Waals surface area contributed by atoms with Gasteiger partial charge in [-0.3, -0.25) is 4.79 Å². The fraction of sp³-hybridized carbons (Fsp3) is 0.125. The van der Waals surface area contributed by atoms with Gasteiger partial charge in [-0.2, -0.15) is 0 Å². The van der Waals surface area contributed by atoms with Crippen molar-refractivity contribution in [1.82, 2.24) is 0 Å². The van der Waals surface area contributed by atoms with Crippen molar-refractivity contribution in [2.75, 3.05) is 11.6 Å². The van der Waals surface area contributed by atoms with E-state index in [-0.39, 0.29) is 0 Å². The molecule has 0 unspecified atom stereocenters. The van der Waals surface area contributed by atoms with E-state index >= 15 is 0 Å². The molecule has 4 heteroatoms. The molecule has 0 aliphatic carbocycles. The van der Waals surface area contributed by atoms with Gasteiger partial charge in [-0.05, 0) is 30.0 Å². The van der Waals surface area contributed by atoms with E-state index in [0.717, 1.165) is 10.6 Å². The summed E-state index contributed by atoms with van der Waals surface area (Å²) < 4.78 is 0. The van der Waals surface area contributed by atoms with Crippen LogP contribution in [0.1, 0.15) is 0 Å². The number of benzene rings is 1. The molecule has 0 aliphatic heterocycles. The Bertz CT molecular complexity index is 290. The molecule has 0 aliphatic rings. The summed E-state index contributed by atoms with van der Waals surface area (Å²) >= 11 is 6.75. The summed E-state index contributed by atoms with van der Waals surface area (Å²) in [5.41, 5.74) is 0.755. The maximum atomic E-state index is 10.5. The van der Waals surface area contributed by atoms with Crippen molar-refractivity contribution in [3.8, 4) is 0 Å².